The highest BCUT2D eigenvalue weighted by atomic mass is 127. The molecule has 0 saturated heterocycles. The number of hydrogen-bond acceptors (Lipinski definition) is 2. The molecular formula is C11H24IN3O. The average molecular weight is 341 g/mol. The number of guanidine groups is 1. The number of nitrogens with one attached hydrogen (secondary N) is 2. The minimum atomic E-state index is 0. The largest absolute Gasteiger partial charge is 0.380 e. The van der Waals surface area contributed by atoms with E-state index in [0.717, 1.165) is 32.1 Å². The molecule has 1 aliphatic carbocycles. The van der Waals surface area contributed by atoms with Gasteiger partial charge in [-0.15, -0.1) is 24.0 Å². The van der Waals surface area contributed by atoms with Crippen molar-refractivity contribution in [1.82, 2.24) is 10.6 Å². The van der Waals surface area contributed by atoms with Gasteiger partial charge in [0.2, 0.25) is 0 Å². The second kappa shape index (κ2) is 10.1. The van der Waals surface area contributed by atoms with Gasteiger partial charge >= 0.3 is 0 Å². The van der Waals surface area contributed by atoms with Gasteiger partial charge in [-0.25, -0.2) is 0 Å². The quantitative estimate of drug-likeness (QED) is 0.321. The lowest BCUT2D eigenvalue weighted by Crippen LogP contribution is -2.40. The monoisotopic (exact) mass is 341 g/mol. The number of nitrogens with zero attached hydrogens (tertiary/aromatic N) is 1. The van der Waals surface area contributed by atoms with Crippen molar-refractivity contribution in [2.24, 2.45) is 4.99 Å². The molecule has 0 bridgehead atoms. The molecule has 0 aromatic rings. The van der Waals surface area contributed by atoms with E-state index in [9.17, 15) is 0 Å². The summed E-state index contributed by atoms with van der Waals surface area (Å²) < 4.78 is 5.44. The van der Waals surface area contributed by atoms with Crippen molar-refractivity contribution < 1.29 is 4.74 Å². The van der Waals surface area contributed by atoms with Crippen LogP contribution in [-0.4, -0.2) is 38.8 Å². The molecular weight excluding hydrogens is 317 g/mol. The highest BCUT2D eigenvalue weighted by Crippen LogP contribution is 2.18. The molecule has 0 atom stereocenters. The van der Waals surface area contributed by atoms with Gasteiger partial charge in [0.05, 0.1) is 6.61 Å². The highest BCUT2D eigenvalue weighted by molar-refractivity contribution is 14.0. The first-order valence-corrected chi connectivity index (χ1v) is 5.91. The van der Waals surface area contributed by atoms with Crippen LogP contribution in [-0.2, 0) is 4.74 Å². The van der Waals surface area contributed by atoms with Crippen LogP contribution in [0.2, 0.25) is 0 Å². The summed E-state index contributed by atoms with van der Waals surface area (Å²) in [6, 6.07) is 0.650. The summed E-state index contributed by atoms with van der Waals surface area (Å²) >= 11 is 0. The zero-order valence-electron chi connectivity index (χ0n) is 10.3. The SMILES string of the molecule is CCCCOCCNC(=NC)NC1CC1.I. The van der Waals surface area contributed by atoms with Crippen LogP contribution >= 0.6 is 24.0 Å². The van der Waals surface area contributed by atoms with Crippen molar-refractivity contribution in [1.29, 1.82) is 0 Å². The Hall–Kier alpha value is -0.0400. The molecule has 0 heterocycles. The number of ether oxygens (including phenoxy) is 1. The van der Waals surface area contributed by atoms with Gasteiger partial charge in [-0.2, -0.15) is 0 Å². The summed E-state index contributed by atoms with van der Waals surface area (Å²) in [4.78, 5) is 4.14. The first-order chi connectivity index (χ1) is 7.36. The van der Waals surface area contributed by atoms with Crippen LogP contribution in [0.5, 0.6) is 0 Å². The zero-order chi connectivity index (χ0) is 10.9. The molecule has 1 fully saturated rings. The molecule has 96 valence electrons. The summed E-state index contributed by atoms with van der Waals surface area (Å²) in [6.45, 7) is 4.62. The van der Waals surface area contributed by atoms with E-state index in [2.05, 4.69) is 22.5 Å². The van der Waals surface area contributed by atoms with Gasteiger partial charge in [-0.3, -0.25) is 4.99 Å². The van der Waals surface area contributed by atoms with E-state index in [1.54, 1.807) is 7.05 Å². The molecule has 2 N–H and O–H groups in total. The first-order valence-electron chi connectivity index (χ1n) is 5.91. The normalized spacial score (nSPS) is 15.5. The number of hydrogen-bond donors (Lipinski definition) is 2. The Kier molecular flexibility index (Phi) is 10.1. The van der Waals surface area contributed by atoms with Gasteiger partial charge in [0.1, 0.15) is 0 Å². The van der Waals surface area contributed by atoms with Gasteiger partial charge in [0, 0.05) is 26.2 Å². The Bertz CT molecular complexity index is 196. The lowest BCUT2D eigenvalue weighted by atomic mass is 10.4. The van der Waals surface area contributed by atoms with Crippen LogP contribution in [0.1, 0.15) is 32.6 Å². The number of unbranched alkanes of at least 4 members (excludes halogenated alkanes) is 1. The molecule has 16 heavy (non-hydrogen) atoms. The molecule has 0 aliphatic heterocycles. The molecule has 1 rings (SSSR count). The Labute approximate surface area is 116 Å². The van der Waals surface area contributed by atoms with Crippen molar-refractivity contribution in [2.75, 3.05) is 26.8 Å². The van der Waals surface area contributed by atoms with Crippen LogP contribution in [0, 0.1) is 0 Å². The molecule has 0 radical (unpaired) electrons. The lowest BCUT2D eigenvalue weighted by Gasteiger charge is -2.10. The van der Waals surface area contributed by atoms with E-state index in [1.165, 1.54) is 19.3 Å². The summed E-state index contributed by atoms with van der Waals surface area (Å²) in [7, 11) is 1.80. The summed E-state index contributed by atoms with van der Waals surface area (Å²) in [6.07, 6.45) is 4.88. The van der Waals surface area contributed by atoms with E-state index < -0.39 is 0 Å². The Morgan fingerprint density at radius 1 is 1.38 bits per heavy atom. The fraction of sp³-hybridized carbons (Fsp3) is 0.909. The van der Waals surface area contributed by atoms with Gasteiger partial charge in [-0.1, -0.05) is 13.3 Å². The first kappa shape index (κ1) is 16.0. The maximum atomic E-state index is 5.44. The van der Waals surface area contributed by atoms with E-state index in [1.807, 2.05) is 0 Å². The smallest absolute Gasteiger partial charge is 0.191 e. The molecule has 4 nitrogen and oxygen atoms in total. The van der Waals surface area contributed by atoms with E-state index >= 15 is 0 Å². The van der Waals surface area contributed by atoms with Crippen molar-refractivity contribution in [3.05, 3.63) is 0 Å². The second-order valence-corrected chi connectivity index (χ2v) is 3.88. The Morgan fingerprint density at radius 3 is 2.69 bits per heavy atom. The predicted octanol–water partition coefficient (Wildman–Crippen LogP) is 1.75. The third-order valence-corrected chi connectivity index (χ3v) is 2.32. The molecule has 1 aliphatic rings. The Morgan fingerprint density at radius 2 is 2.12 bits per heavy atom. The molecule has 0 amide bonds. The molecule has 0 aromatic heterocycles. The Balaban J connectivity index is 0.00000225. The number of rotatable bonds is 7. The van der Waals surface area contributed by atoms with Crippen LogP contribution in [0.25, 0.3) is 0 Å². The van der Waals surface area contributed by atoms with Crippen LogP contribution < -0.4 is 10.6 Å². The summed E-state index contributed by atoms with van der Waals surface area (Å²) in [5.74, 6) is 0.900. The molecule has 5 heteroatoms. The molecule has 0 spiro atoms. The van der Waals surface area contributed by atoms with Gasteiger partial charge in [0.25, 0.3) is 0 Å². The lowest BCUT2D eigenvalue weighted by molar-refractivity contribution is 0.136. The molecule has 0 unspecified atom stereocenters. The predicted molar refractivity (Wildman–Crippen MR) is 78.7 cm³/mol. The zero-order valence-corrected chi connectivity index (χ0v) is 12.6. The van der Waals surface area contributed by atoms with Crippen LogP contribution in [0.3, 0.4) is 0 Å². The molecule has 0 aromatic carbocycles. The van der Waals surface area contributed by atoms with Gasteiger partial charge in [0.15, 0.2) is 5.96 Å². The second-order valence-electron chi connectivity index (χ2n) is 3.88. The average Bonchev–Trinajstić information content (AvgIpc) is 3.05. The molecule has 1 saturated carbocycles. The van der Waals surface area contributed by atoms with Crippen LogP contribution in [0.15, 0.2) is 4.99 Å². The standard InChI is InChI=1S/C11H23N3O.HI/c1-3-4-8-15-9-7-13-11(12-2)14-10-5-6-10;/h10H,3-9H2,1-2H3,(H2,12,13,14);1H. The minimum Gasteiger partial charge on any atom is -0.380 e. The third kappa shape index (κ3) is 8.15. The minimum absolute atomic E-state index is 0. The van der Waals surface area contributed by atoms with Crippen molar-refractivity contribution >= 4 is 29.9 Å². The van der Waals surface area contributed by atoms with E-state index in [-0.39, 0.29) is 24.0 Å². The van der Waals surface area contributed by atoms with Crippen molar-refractivity contribution in [3.8, 4) is 0 Å². The van der Waals surface area contributed by atoms with Gasteiger partial charge in [-0.05, 0) is 19.3 Å². The van der Waals surface area contributed by atoms with E-state index in [0.29, 0.717) is 6.04 Å². The fourth-order valence-electron chi connectivity index (χ4n) is 1.21. The van der Waals surface area contributed by atoms with Gasteiger partial charge < -0.3 is 15.4 Å². The van der Waals surface area contributed by atoms with E-state index in [4.69, 9.17) is 4.74 Å². The van der Waals surface area contributed by atoms with Crippen molar-refractivity contribution in [3.63, 3.8) is 0 Å². The van der Waals surface area contributed by atoms with Crippen molar-refractivity contribution in [2.45, 2.75) is 38.6 Å². The number of halogens is 1. The topological polar surface area (TPSA) is 45.6 Å². The third-order valence-electron chi connectivity index (χ3n) is 2.32. The highest BCUT2D eigenvalue weighted by Gasteiger charge is 2.21. The maximum absolute atomic E-state index is 5.44. The van der Waals surface area contributed by atoms with Crippen LogP contribution in [0.4, 0.5) is 0 Å². The summed E-state index contributed by atoms with van der Waals surface area (Å²) in [5.41, 5.74) is 0. The maximum Gasteiger partial charge on any atom is 0.191 e. The number of aliphatic imine (C=N–C) groups is 1. The fourth-order valence-corrected chi connectivity index (χ4v) is 1.21. The summed E-state index contributed by atoms with van der Waals surface area (Å²) in [5, 5.41) is 6.56.